The van der Waals surface area contributed by atoms with Crippen LogP contribution in [0.4, 0.5) is 0 Å². The molecule has 0 N–H and O–H groups in total. The lowest BCUT2D eigenvalue weighted by Crippen LogP contribution is -2.13. The van der Waals surface area contributed by atoms with Gasteiger partial charge in [-0.3, -0.25) is 0 Å². The van der Waals surface area contributed by atoms with Crippen molar-refractivity contribution in [2.75, 3.05) is 0 Å². The molecule has 1 atom stereocenters. The van der Waals surface area contributed by atoms with Crippen molar-refractivity contribution in [3.63, 3.8) is 0 Å². The van der Waals surface area contributed by atoms with Gasteiger partial charge in [-0.25, -0.2) is 9.97 Å². The van der Waals surface area contributed by atoms with Gasteiger partial charge in [-0.1, -0.05) is 38.3 Å². The van der Waals surface area contributed by atoms with E-state index in [1.54, 1.807) is 6.20 Å². The van der Waals surface area contributed by atoms with Gasteiger partial charge < -0.3 is 4.57 Å². The van der Waals surface area contributed by atoms with E-state index in [1.165, 1.54) is 0 Å². The average molecular weight is 300 g/mol. The van der Waals surface area contributed by atoms with Gasteiger partial charge in [0.05, 0.1) is 10.4 Å². The minimum absolute atomic E-state index is 0.137. The van der Waals surface area contributed by atoms with Gasteiger partial charge in [0.25, 0.3) is 0 Å². The lowest BCUT2D eigenvalue weighted by atomic mass is 10.0. The third kappa shape index (κ3) is 3.03. The van der Waals surface area contributed by atoms with Crippen LogP contribution in [0.3, 0.4) is 0 Å². The highest BCUT2D eigenvalue weighted by Crippen LogP contribution is 2.26. The summed E-state index contributed by atoms with van der Waals surface area (Å²) in [6, 6.07) is 1.84. The molecule has 2 rings (SSSR count). The Bertz CT molecular complexity index is 559. The average Bonchev–Trinajstić information content (AvgIpc) is 2.73. The van der Waals surface area contributed by atoms with Crippen molar-refractivity contribution in [2.24, 2.45) is 5.92 Å². The maximum atomic E-state index is 6.25. The molecular formula is C14H19Cl2N3. The summed E-state index contributed by atoms with van der Waals surface area (Å²) in [4.78, 5) is 8.99. The lowest BCUT2D eigenvalue weighted by molar-refractivity contribution is 0.415. The van der Waals surface area contributed by atoms with Crippen LogP contribution >= 0.6 is 23.2 Å². The van der Waals surface area contributed by atoms with E-state index in [2.05, 4.69) is 28.4 Å². The number of pyridine rings is 1. The summed E-state index contributed by atoms with van der Waals surface area (Å²) >= 11 is 12.2. The molecule has 3 nitrogen and oxygen atoms in total. The fraction of sp³-hybridized carbons (Fsp3) is 0.571. The molecule has 0 radical (unpaired) electrons. The zero-order valence-electron chi connectivity index (χ0n) is 11.5. The van der Waals surface area contributed by atoms with E-state index in [1.807, 2.05) is 13.0 Å². The normalized spacial score (nSPS) is 13.4. The van der Waals surface area contributed by atoms with Gasteiger partial charge in [0, 0.05) is 12.7 Å². The largest absolute Gasteiger partial charge is 0.311 e. The van der Waals surface area contributed by atoms with Crippen molar-refractivity contribution in [2.45, 2.75) is 45.5 Å². The molecule has 0 saturated heterocycles. The highest BCUT2D eigenvalue weighted by molar-refractivity contribution is 6.31. The fourth-order valence-corrected chi connectivity index (χ4v) is 2.61. The first-order valence-corrected chi connectivity index (χ1v) is 7.54. The Labute approximate surface area is 123 Å². The van der Waals surface area contributed by atoms with Crippen LogP contribution < -0.4 is 0 Å². The number of fused-ring (bicyclic) bond motifs is 1. The smallest absolute Gasteiger partial charge is 0.160 e. The fourth-order valence-electron chi connectivity index (χ4n) is 2.29. The monoisotopic (exact) mass is 299 g/mol. The second-order valence-corrected chi connectivity index (χ2v) is 5.97. The Morgan fingerprint density at radius 1 is 1.32 bits per heavy atom. The molecule has 1 unspecified atom stereocenters. The number of halogens is 2. The molecule has 0 saturated carbocycles. The summed E-state index contributed by atoms with van der Waals surface area (Å²) in [5.41, 5.74) is 1.69. The van der Waals surface area contributed by atoms with E-state index in [4.69, 9.17) is 23.2 Å². The van der Waals surface area contributed by atoms with Gasteiger partial charge in [0.15, 0.2) is 5.65 Å². The number of rotatable bonds is 5. The van der Waals surface area contributed by atoms with Crippen LogP contribution in [-0.2, 0) is 6.54 Å². The maximum absolute atomic E-state index is 6.25. The van der Waals surface area contributed by atoms with Crippen LogP contribution in [0.15, 0.2) is 12.3 Å². The van der Waals surface area contributed by atoms with E-state index in [-0.39, 0.29) is 5.38 Å². The Balaban J connectivity index is 2.52. The molecule has 0 aliphatic heterocycles. The third-order valence-corrected chi connectivity index (χ3v) is 3.93. The molecule has 104 valence electrons. The van der Waals surface area contributed by atoms with Crippen molar-refractivity contribution in [3.05, 3.63) is 23.1 Å². The minimum Gasteiger partial charge on any atom is -0.311 e. The Kier molecular flexibility index (Phi) is 4.69. The summed E-state index contributed by atoms with van der Waals surface area (Å²) in [7, 11) is 0. The SMILES string of the molecule is CCC(CC)Cn1c(C(C)Cl)nc2cc(Cl)cnc21. The number of alkyl halides is 1. The topological polar surface area (TPSA) is 30.7 Å². The molecule has 2 aromatic heterocycles. The van der Waals surface area contributed by atoms with Crippen LogP contribution in [0.2, 0.25) is 5.02 Å². The Morgan fingerprint density at radius 2 is 2.00 bits per heavy atom. The van der Waals surface area contributed by atoms with Crippen LogP contribution in [-0.4, -0.2) is 14.5 Å². The second-order valence-electron chi connectivity index (χ2n) is 4.88. The van der Waals surface area contributed by atoms with E-state index in [0.717, 1.165) is 36.4 Å². The summed E-state index contributed by atoms with van der Waals surface area (Å²) in [6.45, 7) is 7.26. The molecule has 0 aromatic carbocycles. The maximum Gasteiger partial charge on any atom is 0.160 e. The predicted molar refractivity (Wildman–Crippen MR) is 80.9 cm³/mol. The van der Waals surface area contributed by atoms with Crippen LogP contribution in [0, 0.1) is 5.92 Å². The van der Waals surface area contributed by atoms with Gasteiger partial charge >= 0.3 is 0 Å². The number of aromatic nitrogens is 3. The van der Waals surface area contributed by atoms with Gasteiger partial charge in [-0.2, -0.15) is 0 Å². The standard InChI is InChI=1S/C14H19Cl2N3/c1-4-10(5-2)8-19-13(9(3)15)18-12-6-11(16)7-17-14(12)19/h6-7,9-10H,4-5,8H2,1-3H3. The molecule has 2 aromatic rings. The lowest BCUT2D eigenvalue weighted by Gasteiger charge is -2.16. The van der Waals surface area contributed by atoms with Gasteiger partial charge in [-0.15, -0.1) is 11.6 Å². The molecule has 0 fully saturated rings. The predicted octanol–water partition coefficient (Wildman–Crippen LogP) is 4.82. The molecule has 19 heavy (non-hydrogen) atoms. The quantitative estimate of drug-likeness (QED) is 0.741. The van der Waals surface area contributed by atoms with Crippen molar-refractivity contribution in [1.82, 2.24) is 14.5 Å². The molecule has 2 heterocycles. The third-order valence-electron chi connectivity index (χ3n) is 3.53. The van der Waals surface area contributed by atoms with Crippen molar-refractivity contribution in [3.8, 4) is 0 Å². The first-order valence-electron chi connectivity index (χ1n) is 6.72. The van der Waals surface area contributed by atoms with Gasteiger partial charge in [0.1, 0.15) is 11.3 Å². The Hall–Kier alpha value is -0.800. The van der Waals surface area contributed by atoms with Crippen molar-refractivity contribution >= 4 is 34.4 Å². The molecule has 0 aliphatic rings. The highest BCUT2D eigenvalue weighted by atomic mass is 35.5. The van der Waals surface area contributed by atoms with Gasteiger partial charge in [0.2, 0.25) is 0 Å². The first kappa shape index (κ1) is 14.6. The van der Waals surface area contributed by atoms with E-state index < -0.39 is 0 Å². The zero-order valence-corrected chi connectivity index (χ0v) is 13.0. The summed E-state index contributed by atoms with van der Waals surface area (Å²) in [6.07, 6.45) is 3.94. The van der Waals surface area contributed by atoms with E-state index >= 15 is 0 Å². The highest BCUT2D eigenvalue weighted by Gasteiger charge is 2.18. The van der Waals surface area contributed by atoms with E-state index in [9.17, 15) is 0 Å². The number of nitrogens with zero attached hydrogens (tertiary/aromatic N) is 3. The second kappa shape index (κ2) is 6.10. The minimum atomic E-state index is -0.137. The van der Waals surface area contributed by atoms with Gasteiger partial charge in [-0.05, 0) is 18.9 Å². The first-order chi connectivity index (χ1) is 9.06. The van der Waals surface area contributed by atoms with Crippen molar-refractivity contribution < 1.29 is 0 Å². The molecule has 5 heteroatoms. The summed E-state index contributed by atoms with van der Waals surface area (Å²) in [5.74, 6) is 1.49. The number of hydrogen-bond acceptors (Lipinski definition) is 2. The molecule has 0 spiro atoms. The summed E-state index contributed by atoms with van der Waals surface area (Å²) in [5, 5.41) is 0.468. The zero-order chi connectivity index (χ0) is 14.0. The van der Waals surface area contributed by atoms with Crippen molar-refractivity contribution in [1.29, 1.82) is 0 Å². The number of hydrogen-bond donors (Lipinski definition) is 0. The number of imidazole rings is 1. The van der Waals surface area contributed by atoms with Crippen LogP contribution in [0.5, 0.6) is 0 Å². The van der Waals surface area contributed by atoms with Crippen LogP contribution in [0.25, 0.3) is 11.2 Å². The Morgan fingerprint density at radius 3 is 2.58 bits per heavy atom. The molecule has 0 bridgehead atoms. The van der Waals surface area contributed by atoms with Crippen LogP contribution in [0.1, 0.15) is 44.8 Å². The molecular weight excluding hydrogens is 281 g/mol. The molecule has 0 aliphatic carbocycles. The summed E-state index contributed by atoms with van der Waals surface area (Å²) < 4.78 is 2.14. The molecule has 0 amide bonds. The van der Waals surface area contributed by atoms with E-state index in [0.29, 0.717) is 10.9 Å².